The molecule has 0 heterocycles. The summed E-state index contributed by atoms with van der Waals surface area (Å²) in [6.45, 7) is 1.07. The molecule has 0 bridgehead atoms. The number of hydrogen-bond acceptors (Lipinski definition) is 2. The maximum absolute atomic E-state index is 13.3. The number of rotatable bonds is 7. The van der Waals surface area contributed by atoms with Gasteiger partial charge >= 0.3 is 24.5 Å². The van der Waals surface area contributed by atoms with Crippen molar-refractivity contribution in [2.45, 2.75) is 44.7 Å². The standard InChI is InChI=1S/C17H18F9NO2/c1-8(6-9(7-27)14(28)29)2-3-10-11(15(18,19)20)4-5-12(16(21,22)23)13(10)17(24,25)26/h4-5,8-9H,2-3,6-7,27H2,1H3,(H,28,29). The van der Waals surface area contributed by atoms with Crippen molar-refractivity contribution in [1.82, 2.24) is 0 Å². The molecular formula is C17H18F9NO2. The minimum Gasteiger partial charge on any atom is -0.481 e. The van der Waals surface area contributed by atoms with Gasteiger partial charge in [0.25, 0.3) is 0 Å². The second-order valence-electron chi connectivity index (χ2n) is 6.66. The van der Waals surface area contributed by atoms with Gasteiger partial charge < -0.3 is 10.8 Å². The van der Waals surface area contributed by atoms with Gasteiger partial charge in [0.2, 0.25) is 0 Å². The Morgan fingerprint density at radius 3 is 1.83 bits per heavy atom. The van der Waals surface area contributed by atoms with Crippen molar-refractivity contribution in [3.05, 3.63) is 34.4 Å². The largest absolute Gasteiger partial charge is 0.481 e. The summed E-state index contributed by atoms with van der Waals surface area (Å²) in [7, 11) is 0. The average molecular weight is 439 g/mol. The molecule has 0 amide bonds. The quantitative estimate of drug-likeness (QED) is 0.563. The summed E-state index contributed by atoms with van der Waals surface area (Å²) in [5.41, 5.74) is -2.64. The van der Waals surface area contributed by atoms with Gasteiger partial charge in [-0.2, -0.15) is 39.5 Å². The minimum absolute atomic E-state index is 0.0159. The lowest BCUT2D eigenvalue weighted by atomic mass is 9.86. The van der Waals surface area contributed by atoms with E-state index in [4.69, 9.17) is 10.8 Å². The summed E-state index contributed by atoms with van der Waals surface area (Å²) in [5.74, 6) is -3.06. The van der Waals surface area contributed by atoms with Crippen LogP contribution in [0.4, 0.5) is 39.5 Å². The van der Waals surface area contributed by atoms with E-state index in [2.05, 4.69) is 0 Å². The molecule has 0 aromatic heterocycles. The first-order valence-corrected chi connectivity index (χ1v) is 8.30. The molecule has 0 aliphatic heterocycles. The van der Waals surface area contributed by atoms with E-state index in [0.29, 0.717) is 0 Å². The van der Waals surface area contributed by atoms with Crippen molar-refractivity contribution in [3.8, 4) is 0 Å². The summed E-state index contributed by atoms with van der Waals surface area (Å²) in [6, 6.07) is -0.245. The molecule has 1 rings (SSSR count). The monoisotopic (exact) mass is 439 g/mol. The highest BCUT2D eigenvalue weighted by Crippen LogP contribution is 2.46. The van der Waals surface area contributed by atoms with Gasteiger partial charge in [-0.3, -0.25) is 4.79 Å². The highest BCUT2D eigenvalue weighted by molar-refractivity contribution is 5.70. The van der Waals surface area contributed by atoms with Gasteiger partial charge in [-0.1, -0.05) is 6.92 Å². The van der Waals surface area contributed by atoms with Crippen LogP contribution < -0.4 is 5.73 Å². The number of aliphatic carboxylic acids is 1. The van der Waals surface area contributed by atoms with Crippen LogP contribution in [0, 0.1) is 11.8 Å². The summed E-state index contributed by atoms with van der Waals surface area (Å²) >= 11 is 0. The smallest absolute Gasteiger partial charge is 0.417 e. The van der Waals surface area contributed by atoms with E-state index in [9.17, 15) is 44.3 Å². The Hall–Kier alpha value is -1.98. The lowest BCUT2D eigenvalue weighted by molar-refractivity contribution is -0.164. The second-order valence-corrected chi connectivity index (χ2v) is 6.66. The fourth-order valence-electron chi connectivity index (χ4n) is 3.03. The second kappa shape index (κ2) is 8.80. The number of carbonyl (C=O) groups is 1. The molecule has 2 unspecified atom stereocenters. The Kier molecular flexibility index (Phi) is 7.60. The molecule has 166 valence electrons. The van der Waals surface area contributed by atoms with E-state index in [-0.39, 0.29) is 25.1 Å². The van der Waals surface area contributed by atoms with Gasteiger partial charge in [-0.05, 0) is 42.9 Å². The van der Waals surface area contributed by atoms with Crippen LogP contribution in [-0.4, -0.2) is 17.6 Å². The Balaban J connectivity index is 3.43. The van der Waals surface area contributed by atoms with Gasteiger partial charge in [0.15, 0.2) is 0 Å². The highest BCUT2D eigenvalue weighted by atomic mass is 19.4. The topological polar surface area (TPSA) is 63.3 Å². The van der Waals surface area contributed by atoms with Gasteiger partial charge in [-0.25, -0.2) is 0 Å². The fraction of sp³-hybridized carbons (Fsp3) is 0.588. The molecule has 2 atom stereocenters. The third-order valence-corrected chi connectivity index (χ3v) is 4.41. The maximum atomic E-state index is 13.3. The van der Waals surface area contributed by atoms with E-state index in [1.807, 2.05) is 0 Å². The summed E-state index contributed by atoms with van der Waals surface area (Å²) in [4.78, 5) is 11.0. The summed E-state index contributed by atoms with van der Waals surface area (Å²) < 4.78 is 119. The van der Waals surface area contributed by atoms with E-state index in [1.165, 1.54) is 6.92 Å². The van der Waals surface area contributed by atoms with Crippen LogP contribution in [0.5, 0.6) is 0 Å². The molecule has 0 spiro atoms. The van der Waals surface area contributed by atoms with E-state index >= 15 is 0 Å². The number of halogens is 9. The summed E-state index contributed by atoms with van der Waals surface area (Å²) in [5, 5.41) is 8.93. The first kappa shape index (κ1) is 25.1. The molecule has 1 aromatic carbocycles. The number of benzene rings is 1. The molecule has 0 aliphatic rings. The van der Waals surface area contributed by atoms with Gasteiger partial charge in [-0.15, -0.1) is 0 Å². The molecule has 0 saturated carbocycles. The Morgan fingerprint density at radius 2 is 1.45 bits per heavy atom. The molecule has 3 N–H and O–H groups in total. The van der Waals surface area contributed by atoms with Crippen LogP contribution >= 0.6 is 0 Å². The van der Waals surface area contributed by atoms with Gasteiger partial charge in [0.1, 0.15) is 0 Å². The highest BCUT2D eigenvalue weighted by Gasteiger charge is 2.48. The van der Waals surface area contributed by atoms with Crippen molar-refractivity contribution < 1.29 is 49.4 Å². The SMILES string of the molecule is CC(CCc1c(C(F)(F)F)ccc(C(F)(F)F)c1C(F)(F)F)CC(CN)C(=O)O. The van der Waals surface area contributed by atoms with Crippen molar-refractivity contribution in [2.24, 2.45) is 17.6 Å². The number of alkyl halides is 9. The van der Waals surface area contributed by atoms with Crippen molar-refractivity contribution in [2.75, 3.05) is 6.54 Å². The third kappa shape index (κ3) is 6.51. The zero-order chi connectivity index (χ0) is 22.8. The Bertz CT molecular complexity index is 723. The number of carboxylic acids is 1. The molecule has 0 radical (unpaired) electrons. The fourth-order valence-corrected chi connectivity index (χ4v) is 3.03. The zero-order valence-electron chi connectivity index (χ0n) is 15.0. The van der Waals surface area contributed by atoms with Crippen LogP contribution in [0.15, 0.2) is 12.1 Å². The normalized spacial score (nSPS) is 15.3. The molecule has 12 heteroatoms. The Labute approximate surface area is 159 Å². The van der Waals surface area contributed by atoms with Crippen molar-refractivity contribution in [3.63, 3.8) is 0 Å². The molecular weight excluding hydrogens is 421 g/mol. The zero-order valence-corrected chi connectivity index (χ0v) is 15.0. The first-order chi connectivity index (χ1) is 13.0. The van der Waals surface area contributed by atoms with Gasteiger partial charge in [0, 0.05) is 6.54 Å². The van der Waals surface area contributed by atoms with Crippen LogP contribution in [-0.2, 0) is 29.7 Å². The lowest BCUT2D eigenvalue weighted by Gasteiger charge is -2.24. The van der Waals surface area contributed by atoms with Crippen molar-refractivity contribution in [1.29, 1.82) is 0 Å². The molecule has 0 fully saturated rings. The first-order valence-electron chi connectivity index (χ1n) is 8.30. The molecule has 0 aliphatic carbocycles. The molecule has 29 heavy (non-hydrogen) atoms. The number of carboxylic acid groups (broad SMARTS) is 1. The predicted octanol–water partition coefficient (Wildman–Crippen LogP) is 5.36. The van der Waals surface area contributed by atoms with Crippen LogP contribution in [0.3, 0.4) is 0 Å². The molecule has 1 aromatic rings. The van der Waals surface area contributed by atoms with E-state index in [1.54, 1.807) is 0 Å². The summed E-state index contributed by atoms with van der Waals surface area (Å²) in [6.07, 6.45) is -18.0. The van der Waals surface area contributed by atoms with E-state index in [0.717, 1.165) is 0 Å². The lowest BCUT2D eigenvalue weighted by Crippen LogP contribution is -2.26. The van der Waals surface area contributed by atoms with Crippen molar-refractivity contribution >= 4 is 5.97 Å². The van der Waals surface area contributed by atoms with E-state index < -0.39 is 71.4 Å². The van der Waals surface area contributed by atoms with Crippen LogP contribution in [0.25, 0.3) is 0 Å². The molecule has 3 nitrogen and oxygen atoms in total. The number of hydrogen-bond donors (Lipinski definition) is 2. The van der Waals surface area contributed by atoms with Crippen LogP contribution in [0.2, 0.25) is 0 Å². The maximum Gasteiger partial charge on any atom is 0.417 e. The Morgan fingerprint density at radius 1 is 0.966 bits per heavy atom. The molecule has 0 saturated heterocycles. The number of nitrogens with two attached hydrogens (primary N) is 1. The van der Waals surface area contributed by atoms with Crippen LogP contribution in [0.1, 0.15) is 42.0 Å². The average Bonchev–Trinajstić information content (AvgIpc) is 2.53. The third-order valence-electron chi connectivity index (χ3n) is 4.41. The minimum atomic E-state index is -5.68. The predicted molar refractivity (Wildman–Crippen MR) is 83.7 cm³/mol. The van der Waals surface area contributed by atoms with Gasteiger partial charge in [0.05, 0.1) is 22.6 Å².